The molecule has 24 heavy (non-hydrogen) atoms. The van der Waals surface area contributed by atoms with E-state index in [1.54, 1.807) is 36.4 Å². The lowest BCUT2D eigenvalue weighted by Gasteiger charge is -2.09. The molecule has 2 N–H and O–H groups in total. The van der Waals surface area contributed by atoms with Gasteiger partial charge in [0.2, 0.25) is 0 Å². The summed E-state index contributed by atoms with van der Waals surface area (Å²) in [6.07, 6.45) is 0. The molecule has 0 atom stereocenters. The lowest BCUT2D eigenvalue weighted by Crippen LogP contribution is -2.39. The number of carbonyl (C=O) groups is 1. The van der Waals surface area contributed by atoms with Gasteiger partial charge in [0, 0.05) is 6.54 Å². The molecule has 0 radical (unpaired) electrons. The van der Waals surface area contributed by atoms with Gasteiger partial charge in [0.25, 0.3) is 10.0 Å². The molecule has 6 nitrogen and oxygen atoms in total. The van der Waals surface area contributed by atoms with Crippen LogP contribution in [-0.2, 0) is 16.6 Å². The largest absolute Gasteiger partial charge is 0.494 e. The van der Waals surface area contributed by atoms with E-state index in [0.717, 1.165) is 16.9 Å². The molecule has 0 saturated carbocycles. The van der Waals surface area contributed by atoms with Crippen molar-refractivity contribution >= 4 is 16.1 Å². The van der Waals surface area contributed by atoms with E-state index < -0.39 is 16.1 Å². The topological polar surface area (TPSA) is 84.5 Å². The summed E-state index contributed by atoms with van der Waals surface area (Å²) in [5.74, 6) is 0.743. The van der Waals surface area contributed by atoms with Gasteiger partial charge in [-0.05, 0) is 43.7 Å². The zero-order chi connectivity index (χ0) is 17.6. The molecule has 128 valence electrons. The standard InChI is InChI=1S/C17H20N2O4S/c1-3-23-15-8-6-14(7-9-15)12-18-17(20)19-24(21,22)16-10-4-13(2)5-11-16/h4-11H,3,12H2,1-2H3,(H2,18,19,20). The lowest BCUT2D eigenvalue weighted by molar-refractivity contribution is 0.245. The maximum Gasteiger partial charge on any atom is 0.328 e. The minimum atomic E-state index is -3.88. The van der Waals surface area contributed by atoms with Gasteiger partial charge in [-0.25, -0.2) is 17.9 Å². The third kappa shape index (κ3) is 4.99. The normalized spacial score (nSPS) is 10.9. The molecule has 0 heterocycles. The molecular formula is C17H20N2O4S. The van der Waals surface area contributed by atoms with E-state index in [-0.39, 0.29) is 11.4 Å². The molecule has 0 bridgehead atoms. The Kier molecular flexibility index (Phi) is 5.81. The van der Waals surface area contributed by atoms with Crippen molar-refractivity contribution in [2.75, 3.05) is 6.61 Å². The predicted molar refractivity (Wildman–Crippen MR) is 91.3 cm³/mol. The summed E-state index contributed by atoms with van der Waals surface area (Å²) in [5.41, 5.74) is 1.77. The van der Waals surface area contributed by atoms with Gasteiger partial charge in [0.15, 0.2) is 0 Å². The van der Waals surface area contributed by atoms with Gasteiger partial charge in [-0.2, -0.15) is 0 Å². The fourth-order valence-corrected chi connectivity index (χ4v) is 2.92. The van der Waals surface area contributed by atoms with Crippen LogP contribution in [0.2, 0.25) is 0 Å². The van der Waals surface area contributed by atoms with Crippen LogP contribution in [0, 0.1) is 6.92 Å². The Balaban J connectivity index is 1.91. The number of ether oxygens (including phenoxy) is 1. The second-order valence-electron chi connectivity index (χ2n) is 5.18. The molecule has 2 amide bonds. The van der Waals surface area contributed by atoms with Gasteiger partial charge >= 0.3 is 6.03 Å². The minimum absolute atomic E-state index is 0.0457. The molecule has 2 rings (SSSR count). The molecule has 0 aliphatic carbocycles. The summed E-state index contributed by atoms with van der Waals surface area (Å²) in [4.78, 5) is 11.9. The number of nitrogens with one attached hydrogen (secondary N) is 2. The monoisotopic (exact) mass is 348 g/mol. The molecule has 0 aliphatic heterocycles. The molecule has 0 aliphatic rings. The average Bonchev–Trinajstić information content (AvgIpc) is 2.54. The molecule has 2 aromatic carbocycles. The first-order valence-electron chi connectivity index (χ1n) is 7.50. The van der Waals surface area contributed by atoms with Gasteiger partial charge in [0.05, 0.1) is 11.5 Å². The number of aryl methyl sites for hydroxylation is 1. The summed E-state index contributed by atoms with van der Waals surface area (Å²) >= 11 is 0. The van der Waals surface area contributed by atoms with Gasteiger partial charge in [-0.3, -0.25) is 0 Å². The van der Waals surface area contributed by atoms with E-state index in [1.165, 1.54) is 12.1 Å². The predicted octanol–water partition coefficient (Wildman–Crippen LogP) is 2.58. The number of benzene rings is 2. The fourth-order valence-electron chi connectivity index (χ4n) is 1.99. The SMILES string of the molecule is CCOc1ccc(CNC(=O)NS(=O)(=O)c2ccc(C)cc2)cc1. The summed E-state index contributed by atoms with van der Waals surface area (Å²) in [6.45, 7) is 4.54. The van der Waals surface area contributed by atoms with Crippen LogP contribution in [0.15, 0.2) is 53.4 Å². The van der Waals surface area contributed by atoms with Gasteiger partial charge in [0.1, 0.15) is 5.75 Å². The number of urea groups is 1. The van der Waals surface area contributed by atoms with Gasteiger partial charge in [-0.15, -0.1) is 0 Å². The summed E-state index contributed by atoms with van der Waals surface area (Å²) in [6, 6.07) is 12.7. The zero-order valence-electron chi connectivity index (χ0n) is 13.6. The van der Waals surface area contributed by atoms with Crippen molar-refractivity contribution in [3.8, 4) is 5.75 Å². The third-order valence-corrected chi connectivity index (χ3v) is 4.59. The number of hydrogen-bond acceptors (Lipinski definition) is 4. The summed E-state index contributed by atoms with van der Waals surface area (Å²) in [7, 11) is -3.88. The molecule has 0 aromatic heterocycles. The van der Waals surface area contributed by atoms with Gasteiger partial charge in [-0.1, -0.05) is 29.8 Å². The minimum Gasteiger partial charge on any atom is -0.494 e. The first kappa shape index (κ1) is 17.8. The molecule has 0 fully saturated rings. The Morgan fingerprint density at radius 2 is 1.67 bits per heavy atom. The summed E-state index contributed by atoms with van der Waals surface area (Å²) < 4.78 is 31.5. The zero-order valence-corrected chi connectivity index (χ0v) is 14.4. The van der Waals surface area contributed by atoms with Gasteiger partial charge < -0.3 is 10.1 Å². The van der Waals surface area contributed by atoms with Crippen LogP contribution in [-0.4, -0.2) is 21.1 Å². The maximum absolute atomic E-state index is 12.1. The first-order chi connectivity index (χ1) is 11.4. The molecular weight excluding hydrogens is 328 g/mol. The number of amides is 2. The van der Waals surface area contributed by atoms with E-state index in [1.807, 2.05) is 18.6 Å². The van der Waals surface area contributed by atoms with Crippen molar-refractivity contribution in [2.45, 2.75) is 25.3 Å². The van der Waals surface area contributed by atoms with Crippen LogP contribution in [0.3, 0.4) is 0 Å². The molecule has 0 saturated heterocycles. The number of carbonyl (C=O) groups excluding carboxylic acids is 1. The van der Waals surface area contributed by atoms with E-state index in [0.29, 0.717) is 6.61 Å². The number of rotatable bonds is 6. The molecule has 2 aromatic rings. The summed E-state index contributed by atoms with van der Waals surface area (Å²) in [5, 5.41) is 2.52. The van der Waals surface area contributed by atoms with Crippen molar-refractivity contribution < 1.29 is 17.9 Å². The molecule has 0 spiro atoms. The highest BCUT2D eigenvalue weighted by atomic mass is 32.2. The highest BCUT2D eigenvalue weighted by Gasteiger charge is 2.16. The van der Waals surface area contributed by atoms with Crippen molar-refractivity contribution in [1.82, 2.24) is 10.0 Å². The third-order valence-electron chi connectivity index (χ3n) is 3.25. The number of sulfonamides is 1. The van der Waals surface area contributed by atoms with Crippen LogP contribution in [0.25, 0.3) is 0 Å². The van der Waals surface area contributed by atoms with E-state index >= 15 is 0 Å². The highest BCUT2D eigenvalue weighted by molar-refractivity contribution is 7.90. The Labute approximate surface area is 141 Å². The highest BCUT2D eigenvalue weighted by Crippen LogP contribution is 2.12. The van der Waals surface area contributed by atoms with Crippen molar-refractivity contribution in [3.05, 3.63) is 59.7 Å². The van der Waals surface area contributed by atoms with Crippen LogP contribution >= 0.6 is 0 Å². The van der Waals surface area contributed by atoms with E-state index in [2.05, 4.69) is 5.32 Å². The van der Waals surface area contributed by atoms with Crippen molar-refractivity contribution in [1.29, 1.82) is 0 Å². The Hall–Kier alpha value is -2.54. The quantitative estimate of drug-likeness (QED) is 0.840. The van der Waals surface area contributed by atoms with Crippen molar-refractivity contribution in [2.24, 2.45) is 0 Å². The smallest absolute Gasteiger partial charge is 0.328 e. The lowest BCUT2D eigenvalue weighted by atomic mass is 10.2. The van der Waals surface area contributed by atoms with E-state index in [9.17, 15) is 13.2 Å². The van der Waals surface area contributed by atoms with Crippen LogP contribution < -0.4 is 14.8 Å². The Morgan fingerprint density at radius 3 is 2.25 bits per heavy atom. The fraction of sp³-hybridized carbons (Fsp3) is 0.235. The maximum atomic E-state index is 12.1. The average molecular weight is 348 g/mol. The van der Waals surface area contributed by atoms with Crippen molar-refractivity contribution in [3.63, 3.8) is 0 Å². The second kappa shape index (κ2) is 7.83. The van der Waals surface area contributed by atoms with E-state index in [4.69, 9.17) is 4.74 Å². The van der Waals surface area contributed by atoms with Crippen LogP contribution in [0.1, 0.15) is 18.1 Å². The Bertz CT molecular complexity index is 784. The first-order valence-corrected chi connectivity index (χ1v) is 8.98. The van der Waals surface area contributed by atoms with Crippen LogP contribution in [0.4, 0.5) is 4.79 Å². The van der Waals surface area contributed by atoms with Crippen LogP contribution in [0.5, 0.6) is 5.75 Å². The molecule has 0 unspecified atom stereocenters. The second-order valence-corrected chi connectivity index (χ2v) is 6.86. The molecule has 7 heteroatoms. The Morgan fingerprint density at radius 1 is 1.04 bits per heavy atom. The number of hydrogen-bond donors (Lipinski definition) is 2.